The van der Waals surface area contributed by atoms with Gasteiger partial charge in [0.15, 0.2) is 0 Å². The normalized spacial score (nSPS) is 15.9. The van der Waals surface area contributed by atoms with Gasteiger partial charge in [0.2, 0.25) is 0 Å². The minimum atomic E-state index is -0.830. The van der Waals surface area contributed by atoms with Crippen molar-refractivity contribution >= 4 is 17.4 Å². The molecular formula is C14H17FN2O3. The molecule has 108 valence electrons. The molecule has 0 radical (unpaired) electrons. The van der Waals surface area contributed by atoms with Gasteiger partial charge < -0.3 is 15.3 Å². The largest absolute Gasteiger partial charge is 0.390 e. The van der Waals surface area contributed by atoms with Crippen molar-refractivity contribution in [3.63, 3.8) is 0 Å². The number of rotatable bonds is 5. The number of anilines is 1. The maximum Gasteiger partial charge on any atom is 0.299 e. The summed E-state index contributed by atoms with van der Waals surface area (Å²) in [5.74, 6) is -1.91. The van der Waals surface area contributed by atoms with Crippen LogP contribution in [-0.2, 0) is 4.79 Å². The van der Waals surface area contributed by atoms with Gasteiger partial charge in [0.1, 0.15) is 5.82 Å². The van der Waals surface area contributed by atoms with Crippen molar-refractivity contribution in [1.29, 1.82) is 0 Å². The van der Waals surface area contributed by atoms with Gasteiger partial charge in [0, 0.05) is 12.6 Å². The second-order valence-corrected chi connectivity index (χ2v) is 5.12. The van der Waals surface area contributed by atoms with Gasteiger partial charge in [0.05, 0.1) is 23.9 Å². The Kier molecular flexibility index (Phi) is 4.15. The Labute approximate surface area is 116 Å². The van der Waals surface area contributed by atoms with Crippen LogP contribution in [0.5, 0.6) is 0 Å². The fraction of sp³-hybridized carbons (Fsp3) is 0.429. The lowest BCUT2D eigenvalue weighted by atomic mass is 10.1. The standard InChI is InChI=1S/C14H17FN2O3/c1-8(2)16-6-10(18)7-17-12-5-9(15)3-4-11(12)13(19)14(17)20/h3-5,8,10,16,18H,6-7H2,1-2H3. The average molecular weight is 280 g/mol. The number of β-amino-alcohol motifs (C(OH)–C–C–N with tert-alkyl or cyclic N) is 1. The molecule has 0 aliphatic carbocycles. The van der Waals surface area contributed by atoms with Gasteiger partial charge in [-0.3, -0.25) is 9.59 Å². The van der Waals surface area contributed by atoms with Crippen LogP contribution >= 0.6 is 0 Å². The lowest BCUT2D eigenvalue weighted by molar-refractivity contribution is -0.114. The van der Waals surface area contributed by atoms with Gasteiger partial charge in [-0.25, -0.2) is 4.39 Å². The van der Waals surface area contributed by atoms with Crippen LogP contribution in [0.15, 0.2) is 18.2 Å². The molecule has 1 aliphatic rings. The van der Waals surface area contributed by atoms with E-state index in [1.807, 2.05) is 13.8 Å². The van der Waals surface area contributed by atoms with E-state index < -0.39 is 23.6 Å². The number of aliphatic hydroxyl groups is 1. The van der Waals surface area contributed by atoms with Crippen LogP contribution < -0.4 is 10.2 Å². The number of amides is 1. The average Bonchev–Trinajstić information content (AvgIpc) is 2.61. The summed E-state index contributed by atoms with van der Waals surface area (Å²) in [6.07, 6.45) is -0.830. The molecule has 6 heteroatoms. The summed E-state index contributed by atoms with van der Waals surface area (Å²) in [6, 6.07) is 3.78. The molecule has 0 fully saturated rings. The number of benzene rings is 1. The third-order valence-electron chi connectivity index (χ3n) is 3.09. The minimum absolute atomic E-state index is 0.0409. The predicted octanol–water partition coefficient (Wildman–Crippen LogP) is 0.714. The number of carbonyl (C=O) groups excluding carboxylic acids is 2. The number of aliphatic hydroxyl groups excluding tert-OH is 1. The summed E-state index contributed by atoms with van der Waals surface area (Å²) in [5.41, 5.74) is 0.406. The summed E-state index contributed by atoms with van der Waals surface area (Å²) in [5, 5.41) is 12.9. The molecule has 1 aromatic rings. The Bertz CT molecular complexity index is 545. The molecule has 0 spiro atoms. The highest BCUT2D eigenvalue weighted by Crippen LogP contribution is 2.29. The molecule has 0 saturated heterocycles. The van der Waals surface area contributed by atoms with Crippen LogP contribution in [0.2, 0.25) is 0 Å². The van der Waals surface area contributed by atoms with Crippen molar-refractivity contribution in [3.05, 3.63) is 29.6 Å². The van der Waals surface area contributed by atoms with Crippen LogP contribution in [0.1, 0.15) is 24.2 Å². The molecule has 1 unspecified atom stereocenters. The van der Waals surface area contributed by atoms with E-state index in [-0.39, 0.29) is 23.8 Å². The Morgan fingerprint density at radius 1 is 1.35 bits per heavy atom. The van der Waals surface area contributed by atoms with E-state index in [9.17, 15) is 19.1 Å². The zero-order chi connectivity index (χ0) is 14.9. The number of nitrogens with one attached hydrogen (secondary N) is 1. The first-order valence-corrected chi connectivity index (χ1v) is 6.47. The zero-order valence-electron chi connectivity index (χ0n) is 11.4. The van der Waals surface area contributed by atoms with Crippen LogP contribution in [-0.4, -0.2) is 42.0 Å². The van der Waals surface area contributed by atoms with E-state index in [1.54, 1.807) is 0 Å². The Morgan fingerprint density at radius 3 is 2.70 bits per heavy atom. The van der Waals surface area contributed by atoms with Crippen LogP contribution in [0.25, 0.3) is 0 Å². The van der Waals surface area contributed by atoms with Crippen molar-refractivity contribution in [2.45, 2.75) is 26.0 Å². The van der Waals surface area contributed by atoms with Crippen LogP contribution in [0, 0.1) is 5.82 Å². The highest BCUT2D eigenvalue weighted by atomic mass is 19.1. The molecule has 2 rings (SSSR count). The monoisotopic (exact) mass is 280 g/mol. The highest BCUT2D eigenvalue weighted by Gasteiger charge is 2.36. The first-order chi connectivity index (χ1) is 9.40. The summed E-state index contributed by atoms with van der Waals surface area (Å²) in [7, 11) is 0. The lowest BCUT2D eigenvalue weighted by Crippen LogP contribution is -2.42. The third-order valence-corrected chi connectivity index (χ3v) is 3.09. The predicted molar refractivity (Wildman–Crippen MR) is 72.2 cm³/mol. The van der Waals surface area contributed by atoms with Gasteiger partial charge in [-0.15, -0.1) is 0 Å². The number of fused-ring (bicyclic) bond motifs is 1. The first-order valence-electron chi connectivity index (χ1n) is 6.47. The molecule has 1 atom stereocenters. The molecule has 1 heterocycles. The first kappa shape index (κ1) is 14.6. The quantitative estimate of drug-likeness (QED) is 0.780. The molecule has 1 aliphatic heterocycles. The maximum atomic E-state index is 13.3. The smallest absolute Gasteiger partial charge is 0.299 e. The van der Waals surface area contributed by atoms with E-state index in [1.165, 1.54) is 6.07 Å². The van der Waals surface area contributed by atoms with E-state index in [2.05, 4.69) is 5.32 Å². The number of hydrogen-bond acceptors (Lipinski definition) is 4. The molecule has 0 aromatic heterocycles. The van der Waals surface area contributed by atoms with Crippen molar-refractivity contribution < 1.29 is 19.1 Å². The molecule has 1 aromatic carbocycles. The van der Waals surface area contributed by atoms with Gasteiger partial charge in [-0.05, 0) is 18.2 Å². The van der Waals surface area contributed by atoms with Crippen molar-refractivity contribution in [3.8, 4) is 0 Å². The Morgan fingerprint density at radius 2 is 2.05 bits per heavy atom. The van der Waals surface area contributed by atoms with E-state index in [0.29, 0.717) is 6.54 Å². The van der Waals surface area contributed by atoms with Gasteiger partial charge >= 0.3 is 0 Å². The van der Waals surface area contributed by atoms with Crippen LogP contribution in [0.3, 0.4) is 0 Å². The van der Waals surface area contributed by atoms with E-state index in [4.69, 9.17) is 0 Å². The fourth-order valence-electron chi connectivity index (χ4n) is 2.10. The zero-order valence-corrected chi connectivity index (χ0v) is 11.4. The molecular weight excluding hydrogens is 263 g/mol. The number of nitrogens with zero attached hydrogens (tertiary/aromatic N) is 1. The van der Waals surface area contributed by atoms with Crippen molar-refractivity contribution in [2.24, 2.45) is 0 Å². The molecule has 5 nitrogen and oxygen atoms in total. The van der Waals surface area contributed by atoms with Gasteiger partial charge in [0.25, 0.3) is 11.7 Å². The van der Waals surface area contributed by atoms with Crippen molar-refractivity contribution in [2.75, 3.05) is 18.0 Å². The lowest BCUT2D eigenvalue weighted by Gasteiger charge is -2.21. The van der Waals surface area contributed by atoms with Gasteiger partial charge in [-0.1, -0.05) is 13.8 Å². The Hall–Kier alpha value is -1.79. The van der Waals surface area contributed by atoms with E-state index in [0.717, 1.165) is 17.0 Å². The topological polar surface area (TPSA) is 69.6 Å². The van der Waals surface area contributed by atoms with Crippen molar-refractivity contribution in [1.82, 2.24) is 5.32 Å². The summed E-state index contributed by atoms with van der Waals surface area (Å²) in [6.45, 7) is 4.12. The number of ketones is 1. The van der Waals surface area contributed by atoms with E-state index >= 15 is 0 Å². The number of Topliss-reactive ketones (excluding diaryl/α,β-unsaturated/α-hetero) is 1. The number of carbonyl (C=O) groups is 2. The molecule has 1 amide bonds. The maximum absolute atomic E-state index is 13.3. The summed E-state index contributed by atoms with van der Waals surface area (Å²) < 4.78 is 13.3. The second kappa shape index (κ2) is 5.68. The molecule has 0 bridgehead atoms. The third kappa shape index (κ3) is 2.86. The molecule has 2 N–H and O–H groups in total. The number of halogens is 1. The van der Waals surface area contributed by atoms with Gasteiger partial charge in [-0.2, -0.15) is 0 Å². The highest BCUT2D eigenvalue weighted by molar-refractivity contribution is 6.52. The summed E-state index contributed by atoms with van der Waals surface area (Å²) >= 11 is 0. The SMILES string of the molecule is CC(C)NCC(O)CN1C(=O)C(=O)c2ccc(F)cc21. The summed E-state index contributed by atoms with van der Waals surface area (Å²) in [4.78, 5) is 24.8. The molecule has 0 saturated carbocycles. The number of hydrogen-bond donors (Lipinski definition) is 2. The fourth-order valence-corrected chi connectivity index (χ4v) is 2.10. The molecule has 20 heavy (non-hydrogen) atoms. The van der Waals surface area contributed by atoms with Crippen LogP contribution in [0.4, 0.5) is 10.1 Å². The Balaban J connectivity index is 2.15. The second-order valence-electron chi connectivity index (χ2n) is 5.12. The minimum Gasteiger partial charge on any atom is -0.390 e.